The monoisotopic (exact) mass is 882 g/mol. The van der Waals surface area contributed by atoms with Crippen molar-refractivity contribution in [2.45, 2.75) is 87.9 Å². The first-order valence-corrected chi connectivity index (χ1v) is 20.9. The zero-order valence-corrected chi connectivity index (χ0v) is 35.3. The quantitative estimate of drug-likeness (QED) is 0.0838. The smallest absolute Gasteiger partial charge is 0.310 e. The van der Waals surface area contributed by atoms with E-state index in [1.165, 1.54) is 21.7 Å². The number of likely N-dealkylation sites (N-methyl/N-ethyl adjacent to an activating group) is 3. The molecule has 294 valence electrons. The summed E-state index contributed by atoms with van der Waals surface area (Å²) >= 11 is 8.88. The largest absolute Gasteiger partial charge is 0.444 e. The van der Waals surface area contributed by atoms with E-state index in [4.69, 9.17) is 16.3 Å². The highest BCUT2D eigenvalue weighted by atomic mass is 127. The van der Waals surface area contributed by atoms with Crippen molar-refractivity contribution in [2.24, 2.45) is 5.92 Å². The van der Waals surface area contributed by atoms with Gasteiger partial charge in [0.15, 0.2) is 5.60 Å². The van der Waals surface area contributed by atoms with Gasteiger partial charge in [-0.15, -0.1) is 0 Å². The maximum Gasteiger partial charge on any atom is 0.310 e. The van der Waals surface area contributed by atoms with Crippen molar-refractivity contribution in [2.75, 3.05) is 32.6 Å². The Morgan fingerprint density at radius 1 is 0.818 bits per heavy atom. The number of aryl methyl sites for hydroxylation is 1. The summed E-state index contributed by atoms with van der Waals surface area (Å²) in [6.45, 7) is 1.97. The van der Waals surface area contributed by atoms with Crippen LogP contribution in [0.1, 0.15) is 80.0 Å². The highest BCUT2D eigenvalue weighted by Gasteiger charge is 2.49. The van der Waals surface area contributed by atoms with E-state index in [2.05, 4.69) is 5.32 Å². The third kappa shape index (κ3) is 9.03. The van der Waals surface area contributed by atoms with Crippen LogP contribution in [0.25, 0.3) is 0 Å². The molecule has 0 bridgehead atoms. The number of nitrogens with zero attached hydrogens (tertiary/aromatic N) is 3. The van der Waals surface area contributed by atoms with Crippen molar-refractivity contribution < 1.29 is 28.7 Å². The molecule has 2 aliphatic carbocycles. The van der Waals surface area contributed by atoms with Crippen LogP contribution in [0, 0.1) is 12.8 Å². The Hall–Kier alpha value is -3.97. The maximum absolute atomic E-state index is 14.9. The van der Waals surface area contributed by atoms with Crippen LogP contribution in [-0.4, -0.2) is 94.5 Å². The average Bonchev–Trinajstić information content (AvgIpc) is 3.90. The van der Waals surface area contributed by atoms with E-state index in [9.17, 15) is 24.0 Å². The van der Waals surface area contributed by atoms with Gasteiger partial charge in [-0.2, -0.15) is 0 Å². The average molecular weight is 883 g/mol. The molecule has 3 atom stereocenters. The summed E-state index contributed by atoms with van der Waals surface area (Å²) in [4.78, 5) is 74.7. The number of esters is 1. The molecule has 5 rings (SSSR count). The summed E-state index contributed by atoms with van der Waals surface area (Å²) in [6, 6.07) is 22.0. The van der Waals surface area contributed by atoms with E-state index in [1.54, 1.807) is 33.3 Å². The van der Waals surface area contributed by atoms with E-state index < -0.39 is 47.4 Å². The minimum atomic E-state index is -1.50. The summed E-state index contributed by atoms with van der Waals surface area (Å²) in [7, 11) is 6.30. The molecule has 3 aromatic rings. The second-order valence-corrected chi connectivity index (χ2v) is 16.3. The molecule has 2 aliphatic rings. The zero-order valence-electron chi connectivity index (χ0n) is 32.4. The normalized spacial score (nSPS) is 17.4. The fourth-order valence-electron chi connectivity index (χ4n) is 8.37. The lowest BCUT2D eigenvalue weighted by atomic mass is 9.79. The topological polar surface area (TPSA) is 116 Å². The van der Waals surface area contributed by atoms with Crippen molar-refractivity contribution in [1.29, 1.82) is 0 Å². The van der Waals surface area contributed by atoms with Crippen LogP contribution >= 0.6 is 34.2 Å². The van der Waals surface area contributed by atoms with Crippen LogP contribution in [0.5, 0.6) is 0 Å². The van der Waals surface area contributed by atoms with Gasteiger partial charge in [0.2, 0.25) is 23.6 Å². The number of amides is 4. The predicted molar refractivity (Wildman–Crippen MR) is 222 cm³/mol. The molecule has 0 spiro atoms. The summed E-state index contributed by atoms with van der Waals surface area (Å²) in [5, 5.41) is 3.38. The molecule has 3 aromatic carbocycles. The molecule has 12 heteroatoms. The summed E-state index contributed by atoms with van der Waals surface area (Å²) in [6.07, 6.45) is 5.37. The molecule has 0 radical (unpaired) electrons. The number of rotatable bonds is 14. The molecule has 0 saturated heterocycles. The van der Waals surface area contributed by atoms with Gasteiger partial charge in [0.1, 0.15) is 17.6 Å². The molecule has 10 nitrogen and oxygen atoms in total. The molecule has 2 saturated carbocycles. The van der Waals surface area contributed by atoms with Gasteiger partial charge in [0.25, 0.3) is 0 Å². The van der Waals surface area contributed by atoms with E-state index in [-0.39, 0.29) is 22.2 Å². The Morgan fingerprint density at radius 2 is 1.40 bits per heavy atom. The number of nitrogens with one attached hydrogen (secondary N) is 1. The van der Waals surface area contributed by atoms with Gasteiger partial charge >= 0.3 is 5.97 Å². The van der Waals surface area contributed by atoms with Crippen molar-refractivity contribution in [1.82, 2.24) is 20.0 Å². The summed E-state index contributed by atoms with van der Waals surface area (Å²) < 4.78 is 6.85. The number of halogens is 2. The summed E-state index contributed by atoms with van der Waals surface area (Å²) in [5.41, 5.74) is 0.261. The van der Waals surface area contributed by atoms with Gasteiger partial charge in [0.05, 0.1) is 10.8 Å². The van der Waals surface area contributed by atoms with E-state index >= 15 is 0 Å². The molecule has 0 heterocycles. The molecule has 1 N–H and O–H groups in total. The lowest BCUT2D eigenvalue weighted by Gasteiger charge is -2.41. The number of alkyl halides is 1. The minimum Gasteiger partial charge on any atom is -0.444 e. The molecule has 1 unspecified atom stereocenters. The first-order valence-electron chi connectivity index (χ1n) is 19.0. The Morgan fingerprint density at radius 3 is 1.98 bits per heavy atom. The third-order valence-electron chi connectivity index (χ3n) is 11.3. The molecular formula is C43H52ClIN4O6. The fraction of sp³-hybridized carbons (Fsp3) is 0.465. The number of hydrogen-bond donors (Lipinski definition) is 1. The fourth-order valence-corrected chi connectivity index (χ4v) is 8.83. The van der Waals surface area contributed by atoms with Gasteiger partial charge in [-0.05, 0) is 44.6 Å². The molecule has 4 amide bonds. The maximum atomic E-state index is 14.9. The Kier molecular flexibility index (Phi) is 14.0. The van der Waals surface area contributed by atoms with Crippen molar-refractivity contribution in [3.8, 4) is 0 Å². The van der Waals surface area contributed by atoms with Crippen LogP contribution in [-0.2, 0) is 34.3 Å². The number of carbonyl (C=O) groups is 5. The SMILES string of the molecule is Cc1ccc(C(OC(=O)C[C@@H](C(=O)N(C)C)N(C)C(=O)[C@H](C2CCCC2)N(C)C(=O)C2(NC(=O)CI)CCCC2)(c2ccccc2)c2ccccc2Cl)cc1. The summed E-state index contributed by atoms with van der Waals surface area (Å²) in [5.74, 6) is -2.32. The van der Waals surface area contributed by atoms with Crippen molar-refractivity contribution in [3.05, 3.63) is 106 Å². The van der Waals surface area contributed by atoms with E-state index in [0.29, 0.717) is 34.6 Å². The van der Waals surface area contributed by atoms with Crippen LogP contribution < -0.4 is 5.32 Å². The highest BCUT2D eigenvalue weighted by Crippen LogP contribution is 2.44. The van der Waals surface area contributed by atoms with Crippen LogP contribution in [0.3, 0.4) is 0 Å². The molecular weight excluding hydrogens is 831 g/mol. The first kappa shape index (κ1) is 42.2. The number of hydrogen-bond acceptors (Lipinski definition) is 6. The van der Waals surface area contributed by atoms with Gasteiger partial charge in [-0.25, -0.2) is 0 Å². The van der Waals surface area contributed by atoms with Crippen molar-refractivity contribution in [3.63, 3.8) is 0 Å². The van der Waals surface area contributed by atoms with Crippen LogP contribution in [0.4, 0.5) is 0 Å². The Balaban J connectivity index is 1.53. The van der Waals surface area contributed by atoms with Gasteiger partial charge in [-0.1, -0.05) is 138 Å². The van der Waals surface area contributed by atoms with E-state index in [0.717, 1.165) is 44.1 Å². The van der Waals surface area contributed by atoms with Gasteiger partial charge < -0.3 is 24.8 Å². The number of ether oxygens (including phenoxy) is 1. The second kappa shape index (κ2) is 18.3. The zero-order chi connectivity index (χ0) is 39.9. The number of carbonyl (C=O) groups excluding carboxylic acids is 5. The third-order valence-corrected chi connectivity index (χ3v) is 12.3. The van der Waals surface area contributed by atoms with Crippen LogP contribution in [0.15, 0.2) is 78.9 Å². The molecule has 0 aromatic heterocycles. The number of benzene rings is 3. The van der Waals surface area contributed by atoms with E-state index in [1.807, 2.05) is 96.2 Å². The lowest BCUT2D eigenvalue weighted by molar-refractivity contribution is -0.161. The second-order valence-electron chi connectivity index (χ2n) is 15.1. The van der Waals surface area contributed by atoms with Crippen molar-refractivity contribution >= 4 is 63.8 Å². The van der Waals surface area contributed by atoms with Crippen LogP contribution in [0.2, 0.25) is 5.02 Å². The molecule has 2 fully saturated rings. The van der Waals surface area contributed by atoms with Gasteiger partial charge in [0, 0.05) is 49.9 Å². The minimum absolute atomic E-state index is 0.155. The standard InChI is InChI=1S/C43H52ClIN4O6/c1-29-21-23-32(24-22-29)43(31-17-7-6-8-18-31,33-19-11-12-20-34(33)44)55-37(51)27-35(39(52)47(2)3)48(4)40(53)38(30-15-9-10-16-30)49(5)41(54)42(25-13-14-26-42)46-36(50)28-45/h6-8,11-12,17-24,30,35,38H,9-10,13-16,25-28H2,1-5H3,(H,46,50)/t35-,38-,43?/m0/s1. The first-order chi connectivity index (χ1) is 26.3. The lowest BCUT2D eigenvalue weighted by Crippen LogP contribution is -2.63. The molecule has 0 aliphatic heterocycles. The van der Waals surface area contributed by atoms with Gasteiger partial charge in [-0.3, -0.25) is 24.0 Å². The Bertz CT molecular complexity index is 1840. The highest BCUT2D eigenvalue weighted by molar-refractivity contribution is 14.1. The molecule has 55 heavy (non-hydrogen) atoms. The predicted octanol–water partition coefficient (Wildman–Crippen LogP) is 6.67. The Labute approximate surface area is 343 Å².